The van der Waals surface area contributed by atoms with Crippen molar-refractivity contribution >= 4 is 29.7 Å². The van der Waals surface area contributed by atoms with Crippen LogP contribution in [0.15, 0.2) is 24.3 Å². The average molecular weight is 293 g/mol. The maximum Gasteiger partial charge on any atom is 0.328 e. The number of aliphatic carboxylic acids is 1. The number of aryl methyl sites for hydroxylation is 1. The summed E-state index contributed by atoms with van der Waals surface area (Å²) >= 11 is 1.69. The molecule has 0 aliphatic heterocycles. The molecule has 0 fully saturated rings. The first-order valence-electron chi connectivity index (χ1n) is 6.21. The number of carbonyl (C=O) groups excluding carboxylic acids is 1. The molecule has 4 nitrogen and oxygen atoms in total. The van der Waals surface area contributed by atoms with Crippen LogP contribution in [0.25, 0.3) is 6.08 Å². The molecule has 1 aromatic carbocycles. The number of carboxylic acids is 1. The minimum absolute atomic E-state index is 0.0484. The second-order valence-corrected chi connectivity index (χ2v) is 5.51. The first-order chi connectivity index (χ1) is 9.43. The molecule has 0 aliphatic carbocycles. The molecule has 0 atom stereocenters. The third-order valence-corrected chi connectivity index (χ3v) is 3.33. The van der Waals surface area contributed by atoms with E-state index in [1.54, 1.807) is 29.8 Å². The Morgan fingerprint density at radius 3 is 2.65 bits per heavy atom. The van der Waals surface area contributed by atoms with Crippen molar-refractivity contribution in [3.05, 3.63) is 41.0 Å². The topological polar surface area (TPSA) is 57.6 Å². The van der Waals surface area contributed by atoms with Crippen molar-refractivity contribution in [2.24, 2.45) is 0 Å². The highest BCUT2D eigenvalue weighted by Gasteiger charge is 2.12. The summed E-state index contributed by atoms with van der Waals surface area (Å²) in [5.74, 6) is -0.163. The molecular weight excluding hydrogens is 274 g/mol. The molecule has 0 spiro atoms. The van der Waals surface area contributed by atoms with E-state index in [1.165, 1.54) is 6.08 Å². The maximum atomic E-state index is 12.3. The molecule has 0 heterocycles. The molecular formula is C15H19NO3S. The number of rotatable bonds is 6. The van der Waals surface area contributed by atoms with E-state index in [1.807, 2.05) is 25.3 Å². The fraction of sp³-hybridized carbons (Fsp3) is 0.333. The summed E-state index contributed by atoms with van der Waals surface area (Å²) in [4.78, 5) is 24.5. The minimum atomic E-state index is -1.00. The molecule has 1 amide bonds. The Balaban J connectivity index is 2.95. The Labute approximate surface area is 123 Å². The number of nitrogens with zero attached hydrogens (tertiary/aromatic N) is 1. The van der Waals surface area contributed by atoms with Gasteiger partial charge in [-0.2, -0.15) is 11.8 Å². The third-order valence-electron chi connectivity index (χ3n) is 2.74. The SMILES string of the molecule is CSCCN(C)C(=O)c1cc(C)cc(/C=C/C(=O)O)c1. The molecule has 0 aliphatic rings. The van der Waals surface area contributed by atoms with Crippen LogP contribution in [-0.4, -0.2) is 47.5 Å². The Morgan fingerprint density at radius 2 is 2.05 bits per heavy atom. The lowest BCUT2D eigenvalue weighted by Crippen LogP contribution is -2.29. The van der Waals surface area contributed by atoms with E-state index in [0.717, 1.165) is 17.4 Å². The first-order valence-corrected chi connectivity index (χ1v) is 7.60. The van der Waals surface area contributed by atoms with Gasteiger partial charge in [0.2, 0.25) is 0 Å². The molecule has 1 aromatic rings. The number of carboxylic acid groups (broad SMARTS) is 1. The number of hydrogen-bond donors (Lipinski definition) is 1. The minimum Gasteiger partial charge on any atom is -0.478 e. The van der Waals surface area contributed by atoms with E-state index in [0.29, 0.717) is 17.7 Å². The van der Waals surface area contributed by atoms with E-state index < -0.39 is 5.97 Å². The fourth-order valence-electron chi connectivity index (χ4n) is 1.75. The van der Waals surface area contributed by atoms with Crippen LogP contribution < -0.4 is 0 Å². The highest BCUT2D eigenvalue weighted by atomic mass is 32.2. The van der Waals surface area contributed by atoms with Crippen LogP contribution in [0.5, 0.6) is 0 Å². The van der Waals surface area contributed by atoms with Gasteiger partial charge in [0.15, 0.2) is 0 Å². The van der Waals surface area contributed by atoms with Crippen LogP contribution >= 0.6 is 11.8 Å². The van der Waals surface area contributed by atoms with E-state index in [2.05, 4.69) is 0 Å². The highest BCUT2D eigenvalue weighted by Crippen LogP contribution is 2.13. The predicted octanol–water partition coefficient (Wildman–Crippen LogP) is 2.53. The zero-order valence-electron chi connectivity index (χ0n) is 11.9. The standard InChI is InChI=1S/C15H19NO3S/c1-11-8-12(4-5-14(17)18)10-13(9-11)15(19)16(2)6-7-20-3/h4-5,8-10H,6-7H2,1-3H3,(H,17,18)/b5-4+. The zero-order valence-corrected chi connectivity index (χ0v) is 12.7. The van der Waals surface area contributed by atoms with Crippen LogP contribution in [0.4, 0.5) is 0 Å². The van der Waals surface area contributed by atoms with Gasteiger partial charge in [0.25, 0.3) is 5.91 Å². The summed E-state index contributed by atoms with van der Waals surface area (Å²) in [6.45, 7) is 2.57. The second kappa shape index (κ2) is 7.75. The molecule has 20 heavy (non-hydrogen) atoms. The van der Waals surface area contributed by atoms with E-state index in [4.69, 9.17) is 5.11 Å². The van der Waals surface area contributed by atoms with Gasteiger partial charge < -0.3 is 10.0 Å². The zero-order chi connectivity index (χ0) is 15.1. The molecule has 1 N–H and O–H groups in total. The summed E-state index contributed by atoms with van der Waals surface area (Å²) in [5.41, 5.74) is 2.23. The van der Waals surface area contributed by atoms with Crippen LogP contribution in [-0.2, 0) is 4.79 Å². The quantitative estimate of drug-likeness (QED) is 0.819. The van der Waals surface area contributed by atoms with Gasteiger partial charge in [-0.05, 0) is 42.5 Å². The molecule has 5 heteroatoms. The second-order valence-electron chi connectivity index (χ2n) is 4.52. The summed E-state index contributed by atoms with van der Waals surface area (Å²) in [6.07, 6.45) is 4.56. The first kappa shape index (κ1) is 16.3. The predicted molar refractivity (Wildman–Crippen MR) is 83.2 cm³/mol. The number of thioether (sulfide) groups is 1. The van der Waals surface area contributed by atoms with Gasteiger partial charge in [-0.1, -0.05) is 6.07 Å². The lowest BCUT2D eigenvalue weighted by atomic mass is 10.1. The summed E-state index contributed by atoms with van der Waals surface area (Å²) in [7, 11) is 1.77. The van der Waals surface area contributed by atoms with Gasteiger partial charge in [-0.15, -0.1) is 0 Å². The fourth-order valence-corrected chi connectivity index (χ4v) is 2.21. The number of hydrogen-bond acceptors (Lipinski definition) is 3. The lowest BCUT2D eigenvalue weighted by molar-refractivity contribution is -0.131. The number of amides is 1. The summed E-state index contributed by atoms with van der Waals surface area (Å²) < 4.78 is 0. The van der Waals surface area contributed by atoms with Crippen molar-refractivity contribution < 1.29 is 14.7 Å². The van der Waals surface area contributed by atoms with Gasteiger partial charge in [-0.3, -0.25) is 4.79 Å². The Morgan fingerprint density at radius 1 is 1.35 bits per heavy atom. The van der Waals surface area contributed by atoms with Crippen molar-refractivity contribution in [3.63, 3.8) is 0 Å². The van der Waals surface area contributed by atoms with Crippen LogP contribution in [0, 0.1) is 6.92 Å². The van der Waals surface area contributed by atoms with Gasteiger partial charge in [0, 0.05) is 31.0 Å². The van der Waals surface area contributed by atoms with E-state index in [-0.39, 0.29) is 5.91 Å². The summed E-state index contributed by atoms with van der Waals surface area (Å²) in [5, 5.41) is 8.64. The van der Waals surface area contributed by atoms with E-state index in [9.17, 15) is 9.59 Å². The van der Waals surface area contributed by atoms with Crippen molar-refractivity contribution in [2.45, 2.75) is 6.92 Å². The molecule has 0 unspecified atom stereocenters. The summed E-state index contributed by atoms with van der Waals surface area (Å²) in [6, 6.07) is 5.37. The molecule has 1 rings (SSSR count). The van der Waals surface area contributed by atoms with Crippen molar-refractivity contribution in [3.8, 4) is 0 Å². The largest absolute Gasteiger partial charge is 0.478 e. The third kappa shape index (κ3) is 5.09. The number of benzene rings is 1. The highest BCUT2D eigenvalue weighted by molar-refractivity contribution is 7.98. The molecule has 0 bridgehead atoms. The van der Waals surface area contributed by atoms with Gasteiger partial charge >= 0.3 is 5.97 Å². The van der Waals surface area contributed by atoms with Crippen LogP contribution in [0.2, 0.25) is 0 Å². The van der Waals surface area contributed by atoms with Crippen molar-refractivity contribution in [1.82, 2.24) is 4.90 Å². The Bertz CT molecular complexity index is 526. The molecule has 108 valence electrons. The van der Waals surface area contributed by atoms with Crippen LogP contribution in [0.3, 0.4) is 0 Å². The average Bonchev–Trinajstić information content (AvgIpc) is 2.41. The maximum absolute atomic E-state index is 12.3. The van der Waals surface area contributed by atoms with E-state index >= 15 is 0 Å². The molecule has 0 aromatic heterocycles. The van der Waals surface area contributed by atoms with Crippen molar-refractivity contribution in [2.75, 3.05) is 25.6 Å². The Hall–Kier alpha value is -1.75. The monoisotopic (exact) mass is 293 g/mol. The number of carbonyl (C=O) groups is 2. The van der Waals surface area contributed by atoms with Crippen molar-refractivity contribution in [1.29, 1.82) is 0 Å². The Kier molecular flexibility index (Phi) is 6.31. The molecule has 0 saturated carbocycles. The molecule has 0 radical (unpaired) electrons. The van der Waals surface area contributed by atoms with Gasteiger partial charge in [0.1, 0.15) is 0 Å². The van der Waals surface area contributed by atoms with Crippen LogP contribution in [0.1, 0.15) is 21.5 Å². The molecule has 0 saturated heterocycles. The smallest absolute Gasteiger partial charge is 0.328 e. The lowest BCUT2D eigenvalue weighted by Gasteiger charge is -2.17. The van der Waals surface area contributed by atoms with Gasteiger partial charge in [0.05, 0.1) is 0 Å². The normalized spacial score (nSPS) is 10.8. The van der Waals surface area contributed by atoms with Gasteiger partial charge in [-0.25, -0.2) is 4.79 Å².